The Morgan fingerprint density at radius 3 is 2.73 bits per heavy atom. The highest BCUT2D eigenvalue weighted by molar-refractivity contribution is 5.89. The number of hydrogen-bond donors (Lipinski definition) is 3. The maximum Gasteiger partial charge on any atom is 0.319 e. The molecule has 2 aliphatic rings. The van der Waals surface area contributed by atoms with Crippen LogP contribution in [0.4, 0.5) is 10.5 Å². The van der Waals surface area contributed by atoms with E-state index in [1.165, 1.54) is 12.8 Å². The molecule has 4 rings (SSSR count). The molecule has 6 nitrogen and oxygen atoms in total. The standard InChI is InChI=1S/C20H25N3O3/c1-25-18-5-2-4-14(12-18)21-20(24)22-15-10-16-7-8-17(11-15)23(16)13-19-6-3-9-26-19/h2-6,9,12,15-17H,7-8,10-11,13H2,1H3,(H2,21,22,24)/p+1/t15?,16-,17+. The summed E-state index contributed by atoms with van der Waals surface area (Å²) < 4.78 is 10.7. The van der Waals surface area contributed by atoms with E-state index in [1.807, 2.05) is 30.3 Å². The molecule has 138 valence electrons. The Bertz CT molecular complexity index is 733. The highest BCUT2D eigenvalue weighted by Gasteiger charge is 2.45. The van der Waals surface area contributed by atoms with Crippen LogP contribution in [0.2, 0.25) is 0 Å². The fourth-order valence-corrected chi connectivity index (χ4v) is 4.50. The van der Waals surface area contributed by atoms with E-state index in [4.69, 9.17) is 9.15 Å². The topological polar surface area (TPSA) is 67.9 Å². The smallest absolute Gasteiger partial charge is 0.319 e. The number of quaternary nitrogens is 1. The van der Waals surface area contributed by atoms with Gasteiger partial charge in [-0.15, -0.1) is 0 Å². The van der Waals surface area contributed by atoms with Crippen LogP contribution in [0.1, 0.15) is 31.4 Å². The number of urea groups is 1. The third-order valence-electron chi connectivity index (χ3n) is 5.67. The minimum atomic E-state index is -0.142. The summed E-state index contributed by atoms with van der Waals surface area (Å²) in [6, 6.07) is 12.7. The molecule has 2 fully saturated rings. The van der Waals surface area contributed by atoms with Gasteiger partial charge in [-0.05, 0) is 24.3 Å². The molecule has 1 aromatic carbocycles. The normalized spacial score (nSPS) is 27.1. The Morgan fingerprint density at radius 2 is 2.04 bits per heavy atom. The molecule has 6 heteroatoms. The van der Waals surface area contributed by atoms with Gasteiger partial charge in [-0.3, -0.25) is 0 Å². The molecule has 3 heterocycles. The second-order valence-electron chi connectivity index (χ2n) is 7.30. The Morgan fingerprint density at radius 1 is 1.23 bits per heavy atom. The molecular formula is C20H26N3O3+. The number of furan rings is 1. The number of ether oxygens (including phenoxy) is 1. The van der Waals surface area contributed by atoms with Crippen LogP contribution >= 0.6 is 0 Å². The van der Waals surface area contributed by atoms with Gasteiger partial charge in [-0.1, -0.05) is 6.07 Å². The van der Waals surface area contributed by atoms with Crippen LogP contribution < -0.4 is 20.3 Å². The van der Waals surface area contributed by atoms with Gasteiger partial charge in [0.2, 0.25) is 0 Å². The lowest BCUT2D eigenvalue weighted by Crippen LogP contribution is -3.17. The van der Waals surface area contributed by atoms with Crippen LogP contribution in [-0.2, 0) is 6.54 Å². The molecule has 2 unspecified atom stereocenters. The van der Waals surface area contributed by atoms with Crippen molar-refractivity contribution in [1.29, 1.82) is 0 Å². The molecule has 0 radical (unpaired) electrons. The van der Waals surface area contributed by atoms with Gasteiger partial charge >= 0.3 is 6.03 Å². The van der Waals surface area contributed by atoms with Crippen LogP contribution in [0.5, 0.6) is 5.75 Å². The summed E-state index contributed by atoms with van der Waals surface area (Å²) >= 11 is 0. The molecule has 2 aliphatic heterocycles. The molecule has 3 N–H and O–H groups in total. The minimum absolute atomic E-state index is 0.142. The second-order valence-corrected chi connectivity index (χ2v) is 7.30. The van der Waals surface area contributed by atoms with Crippen molar-refractivity contribution in [3.8, 4) is 5.75 Å². The zero-order chi connectivity index (χ0) is 17.9. The molecule has 2 amide bonds. The lowest BCUT2D eigenvalue weighted by Gasteiger charge is -2.35. The van der Waals surface area contributed by atoms with Crippen molar-refractivity contribution in [3.05, 3.63) is 48.4 Å². The first-order chi connectivity index (χ1) is 12.7. The van der Waals surface area contributed by atoms with Gasteiger partial charge in [0.15, 0.2) is 5.76 Å². The van der Waals surface area contributed by atoms with Crippen molar-refractivity contribution < 1.29 is 18.8 Å². The molecule has 0 aliphatic carbocycles. The van der Waals surface area contributed by atoms with Crippen LogP contribution in [0, 0.1) is 0 Å². The van der Waals surface area contributed by atoms with Gasteiger partial charge in [-0.25, -0.2) is 4.79 Å². The number of methoxy groups -OCH3 is 1. The number of fused-ring (bicyclic) bond motifs is 2. The molecule has 2 aromatic rings. The molecule has 1 aromatic heterocycles. The van der Waals surface area contributed by atoms with E-state index < -0.39 is 0 Å². The van der Waals surface area contributed by atoms with Crippen LogP contribution in [0.15, 0.2) is 47.1 Å². The molecule has 26 heavy (non-hydrogen) atoms. The van der Waals surface area contributed by atoms with Crippen LogP contribution in [-0.4, -0.2) is 31.3 Å². The predicted molar refractivity (Wildman–Crippen MR) is 98.4 cm³/mol. The molecule has 2 bridgehead atoms. The number of carbonyl (C=O) groups is 1. The van der Waals surface area contributed by atoms with E-state index in [2.05, 4.69) is 16.7 Å². The number of hydrogen-bond acceptors (Lipinski definition) is 3. The van der Waals surface area contributed by atoms with E-state index in [1.54, 1.807) is 18.3 Å². The van der Waals surface area contributed by atoms with Crippen molar-refractivity contribution >= 4 is 11.7 Å². The van der Waals surface area contributed by atoms with Gasteiger partial charge in [0.1, 0.15) is 12.3 Å². The lowest BCUT2D eigenvalue weighted by molar-refractivity contribution is -0.955. The first kappa shape index (κ1) is 17.0. The van der Waals surface area contributed by atoms with Crippen LogP contribution in [0.3, 0.4) is 0 Å². The van der Waals surface area contributed by atoms with E-state index in [0.29, 0.717) is 12.1 Å². The molecular weight excluding hydrogens is 330 g/mol. The fourth-order valence-electron chi connectivity index (χ4n) is 4.50. The largest absolute Gasteiger partial charge is 0.497 e. The molecule has 2 saturated heterocycles. The Labute approximate surface area is 153 Å². The highest BCUT2D eigenvalue weighted by atomic mass is 16.5. The summed E-state index contributed by atoms with van der Waals surface area (Å²) in [7, 11) is 1.62. The minimum Gasteiger partial charge on any atom is -0.497 e. The first-order valence-electron chi connectivity index (χ1n) is 9.31. The SMILES string of the molecule is COc1cccc(NC(=O)NC2C[C@H]3CC[C@@H](C2)[NH+]3Cc2ccco2)c1. The maximum atomic E-state index is 12.4. The quantitative estimate of drug-likeness (QED) is 0.769. The highest BCUT2D eigenvalue weighted by Crippen LogP contribution is 2.24. The monoisotopic (exact) mass is 356 g/mol. The fraction of sp³-hybridized carbons (Fsp3) is 0.450. The predicted octanol–water partition coefficient (Wildman–Crippen LogP) is 2.19. The lowest BCUT2D eigenvalue weighted by atomic mass is 9.97. The summed E-state index contributed by atoms with van der Waals surface area (Å²) in [6.45, 7) is 0.949. The molecule has 4 atom stereocenters. The van der Waals surface area contributed by atoms with Gasteiger partial charge < -0.3 is 24.7 Å². The van der Waals surface area contributed by atoms with Crippen molar-refractivity contribution in [3.63, 3.8) is 0 Å². The Kier molecular flexibility index (Phi) is 4.84. The maximum absolute atomic E-state index is 12.4. The average molecular weight is 356 g/mol. The number of benzene rings is 1. The number of anilines is 1. The van der Waals surface area contributed by atoms with Crippen molar-refractivity contribution in [2.24, 2.45) is 0 Å². The molecule has 0 saturated carbocycles. The number of amides is 2. The van der Waals surface area contributed by atoms with Crippen LogP contribution in [0.25, 0.3) is 0 Å². The van der Waals surface area contributed by atoms with E-state index in [0.717, 1.165) is 36.6 Å². The number of carbonyl (C=O) groups excluding carboxylic acids is 1. The summed E-state index contributed by atoms with van der Waals surface area (Å²) in [5, 5.41) is 6.07. The second kappa shape index (κ2) is 7.41. The molecule has 0 spiro atoms. The Hall–Kier alpha value is -2.47. The van der Waals surface area contributed by atoms with E-state index >= 15 is 0 Å². The summed E-state index contributed by atoms with van der Waals surface area (Å²) in [5.74, 6) is 1.79. The van der Waals surface area contributed by atoms with Crippen molar-refractivity contribution in [2.45, 2.75) is 50.4 Å². The van der Waals surface area contributed by atoms with Gasteiger partial charge in [0.25, 0.3) is 0 Å². The van der Waals surface area contributed by atoms with E-state index in [-0.39, 0.29) is 12.1 Å². The zero-order valence-electron chi connectivity index (χ0n) is 15.0. The van der Waals surface area contributed by atoms with Crippen molar-refractivity contribution in [2.75, 3.05) is 12.4 Å². The summed E-state index contributed by atoms with van der Waals surface area (Å²) in [4.78, 5) is 14.0. The number of nitrogens with one attached hydrogen (secondary N) is 3. The van der Waals surface area contributed by atoms with Gasteiger partial charge in [-0.2, -0.15) is 0 Å². The zero-order valence-corrected chi connectivity index (χ0v) is 15.0. The number of rotatable bonds is 5. The van der Waals surface area contributed by atoms with E-state index in [9.17, 15) is 4.79 Å². The van der Waals surface area contributed by atoms with Gasteiger partial charge in [0, 0.05) is 43.5 Å². The summed E-state index contributed by atoms with van der Waals surface area (Å²) in [6.07, 6.45) is 6.26. The number of piperidine rings is 1. The third kappa shape index (κ3) is 3.70. The van der Waals surface area contributed by atoms with Gasteiger partial charge in [0.05, 0.1) is 25.5 Å². The van der Waals surface area contributed by atoms with Crippen molar-refractivity contribution in [1.82, 2.24) is 5.32 Å². The third-order valence-corrected chi connectivity index (χ3v) is 5.67. The summed E-state index contributed by atoms with van der Waals surface area (Å²) in [5.41, 5.74) is 0.741. The Balaban J connectivity index is 1.32. The first-order valence-corrected chi connectivity index (χ1v) is 9.31. The average Bonchev–Trinajstić information content (AvgIpc) is 3.22.